The average molecular weight is 449 g/mol. The minimum absolute atomic E-state index is 0.183. The highest BCUT2D eigenvalue weighted by atomic mass is 35.5. The average Bonchev–Trinajstić information content (AvgIpc) is 2.60. The zero-order valence-corrected chi connectivity index (χ0v) is 16.8. The van der Waals surface area contributed by atoms with Gasteiger partial charge >= 0.3 is 6.18 Å². The summed E-state index contributed by atoms with van der Waals surface area (Å²) in [5.74, 6) is -0.0126. The van der Waals surface area contributed by atoms with Crippen LogP contribution in [0.2, 0.25) is 5.02 Å². The number of nitrogens with one attached hydrogen (secondary N) is 1. The van der Waals surface area contributed by atoms with Gasteiger partial charge in [-0.1, -0.05) is 11.6 Å². The molecule has 0 saturated carbocycles. The molecule has 11 heteroatoms. The van der Waals surface area contributed by atoms with E-state index in [9.17, 15) is 26.4 Å². The van der Waals surface area contributed by atoms with E-state index in [2.05, 4.69) is 0 Å². The minimum Gasteiger partial charge on any atom is -0.487 e. The number of carbonyl (C=O) groups excluding carboxylic acids is 1. The number of anilines is 2. The Bertz CT molecular complexity index is 1070. The smallest absolute Gasteiger partial charge is 0.418 e. The Morgan fingerprint density at radius 2 is 1.93 bits per heavy atom. The van der Waals surface area contributed by atoms with Crippen LogP contribution in [0.5, 0.6) is 5.75 Å². The summed E-state index contributed by atoms with van der Waals surface area (Å²) in [5.41, 5.74) is -1.65. The molecule has 2 aromatic carbocycles. The van der Waals surface area contributed by atoms with Crippen molar-refractivity contribution in [3.63, 3.8) is 0 Å². The third-order valence-electron chi connectivity index (χ3n) is 4.21. The van der Waals surface area contributed by atoms with Crippen LogP contribution in [0.1, 0.15) is 19.4 Å². The number of sulfonamides is 1. The summed E-state index contributed by atoms with van der Waals surface area (Å²) in [6.07, 6.45) is -5.11. The molecule has 1 aliphatic heterocycles. The predicted octanol–water partition coefficient (Wildman–Crippen LogP) is 4.29. The van der Waals surface area contributed by atoms with Crippen molar-refractivity contribution in [2.24, 2.45) is 0 Å². The fourth-order valence-electron chi connectivity index (χ4n) is 2.93. The maximum absolute atomic E-state index is 13.3. The van der Waals surface area contributed by atoms with Gasteiger partial charge in [0, 0.05) is 11.9 Å². The van der Waals surface area contributed by atoms with E-state index in [1.165, 1.54) is 30.0 Å². The quantitative estimate of drug-likeness (QED) is 0.760. The van der Waals surface area contributed by atoms with Crippen molar-refractivity contribution in [3.05, 3.63) is 47.0 Å². The molecule has 156 valence electrons. The number of amides is 1. The van der Waals surface area contributed by atoms with Crippen LogP contribution < -0.4 is 14.4 Å². The minimum atomic E-state index is -4.81. The van der Waals surface area contributed by atoms with E-state index in [1.54, 1.807) is 6.92 Å². The second-order valence-corrected chi connectivity index (χ2v) is 8.60. The maximum Gasteiger partial charge on any atom is 0.418 e. The first-order valence-electron chi connectivity index (χ1n) is 8.37. The molecule has 0 saturated heterocycles. The van der Waals surface area contributed by atoms with Crippen LogP contribution in [0.25, 0.3) is 0 Å². The Labute approximate surface area is 170 Å². The van der Waals surface area contributed by atoms with Crippen molar-refractivity contribution in [2.75, 3.05) is 16.2 Å². The highest BCUT2D eigenvalue weighted by Gasteiger charge is 2.35. The lowest BCUT2D eigenvalue weighted by molar-refractivity contribution is -0.136. The second-order valence-electron chi connectivity index (χ2n) is 6.48. The molecule has 6 nitrogen and oxygen atoms in total. The van der Waals surface area contributed by atoms with Crippen LogP contribution in [-0.4, -0.2) is 27.0 Å². The van der Waals surface area contributed by atoms with Gasteiger partial charge in [0.1, 0.15) is 11.9 Å². The molecule has 0 radical (unpaired) electrons. The summed E-state index contributed by atoms with van der Waals surface area (Å²) in [6.45, 7) is 3.30. The fraction of sp³-hybridized carbons (Fsp3) is 0.278. The summed E-state index contributed by atoms with van der Waals surface area (Å²) in [6, 6.07) is 6.47. The van der Waals surface area contributed by atoms with Gasteiger partial charge in [0.15, 0.2) is 0 Å². The van der Waals surface area contributed by atoms with Gasteiger partial charge in [-0.25, -0.2) is 8.42 Å². The van der Waals surface area contributed by atoms with Gasteiger partial charge in [-0.2, -0.15) is 13.2 Å². The summed E-state index contributed by atoms with van der Waals surface area (Å²) in [7, 11) is -4.39. The molecule has 0 bridgehead atoms. The monoisotopic (exact) mass is 448 g/mol. The standard InChI is InChI=1S/C18H16ClF3N2O4S/c1-10-9-24(11(2)25)16-8-13(4-6-17(16)28-10)29(26,27)23-15-5-3-12(19)7-14(15)18(20,21)22/h3-8,10,23H,9H2,1-2H3. The van der Waals surface area contributed by atoms with Gasteiger partial charge in [-0.05, 0) is 43.3 Å². The molecule has 0 fully saturated rings. The molecule has 1 aliphatic rings. The largest absolute Gasteiger partial charge is 0.487 e. The number of alkyl halides is 3. The van der Waals surface area contributed by atoms with Gasteiger partial charge < -0.3 is 9.64 Å². The van der Waals surface area contributed by atoms with Crippen molar-refractivity contribution in [1.29, 1.82) is 0 Å². The lowest BCUT2D eigenvalue weighted by atomic mass is 10.2. The first-order chi connectivity index (χ1) is 13.4. The number of benzene rings is 2. The third kappa shape index (κ3) is 4.43. The van der Waals surface area contributed by atoms with Crippen molar-refractivity contribution in [3.8, 4) is 5.75 Å². The maximum atomic E-state index is 13.3. The van der Waals surface area contributed by atoms with Gasteiger partial charge in [0.2, 0.25) is 5.91 Å². The molecule has 1 unspecified atom stereocenters. The van der Waals surface area contributed by atoms with Crippen LogP contribution in [0.15, 0.2) is 41.3 Å². The molecule has 2 aromatic rings. The highest BCUT2D eigenvalue weighted by molar-refractivity contribution is 7.92. The van der Waals surface area contributed by atoms with Gasteiger partial charge in [0.25, 0.3) is 10.0 Å². The Morgan fingerprint density at radius 3 is 2.55 bits per heavy atom. The molecule has 1 heterocycles. The van der Waals surface area contributed by atoms with Crippen LogP contribution in [-0.2, 0) is 21.0 Å². The van der Waals surface area contributed by atoms with Gasteiger partial charge in [-0.3, -0.25) is 9.52 Å². The molecular formula is C18H16ClF3N2O4S. The van der Waals surface area contributed by atoms with Crippen LogP contribution in [0, 0.1) is 0 Å². The number of ether oxygens (including phenoxy) is 1. The lowest BCUT2D eigenvalue weighted by Gasteiger charge is -2.33. The number of nitrogens with zero attached hydrogens (tertiary/aromatic N) is 1. The zero-order chi connectivity index (χ0) is 21.6. The van der Waals surface area contributed by atoms with E-state index in [0.717, 1.165) is 12.1 Å². The summed E-state index contributed by atoms with van der Waals surface area (Å²) in [4.78, 5) is 13.0. The molecule has 29 heavy (non-hydrogen) atoms. The molecule has 1 amide bonds. The molecule has 3 rings (SSSR count). The Kier molecular flexibility index (Phi) is 5.44. The van der Waals surface area contributed by atoms with Crippen molar-refractivity contribution in [1.82, 2.24) is 0 Å². The number of fused-ring (bicyclic) bond motifs is 1. The van der Waals surface area contributed by atoms with E-state index in [-0.39, 0.29) is 34.2 Å². The Balaban J connectivity index is 2.02. The van der Waals surface area contributed by atoms with E-state index < -0.39 is 27.5 Å². The van der Waals surface area contributed by atoms with Crippen molar-refractivity contribution < 1.29 is 31.1 Å². The predicted molar refractivity (Wildman–Crippen MR) is 102 cm³/mol. The Morgan fingerprint density at radius 1 is 1.24 bits per heavy atom. The molecule has 1 N–H and O–H groups in total. The lowest BCUT2D eigenvalue weighted by Crippen LogP contribution is -2.41. The van der Waals surface area contributed by atoms with Crippen molar-refractivity contribution >= 4 is 38.9 Å². The van der Waals surface area contributed by atoms with Crippen LogP contribution in [0.3, 0.4) is 0 Å². The van der Waals surface area contributed by atoms with E-state index in [1.807, 2.05) is 4.72 Å². The zero-order valence-electron chi connectivity index (χ0n) is 15.2. The van der Waals surface area contributed by atoms with E-state index in [4.69, 9.17) is 16.3 Å². The fourth-order valence-corrected chi connectivity index (χ4v) is 4.20. The van der Waals surface area contributed by atoms with Crippen LogP contribution >= 0.6 is 11.6 Å². The number of rotatable bonds is 3. The number of halogens is 4. The topological polar surface area (TPSA) is 75.7 Å². The van der Waals surface area contributed by atoms with Gasteiger partial charge in [-0.15, -0.1) is 0 Å². The number of hydrogen-bond acceptors (Lipinski definition) is 4. The van der Waals surface area contributed by atoms with Crippen molar-refractivity contribution in [2.45, 2.75) is 31.0 Å². The Hall–Kier alpha value is -2.46. The molecule has 1 atom stereocenters. The normalized spacial score (nSPS) is 16.8. The second kappa shape index (κ2) is 7.42. The molecular weight excluding hydrogens is 433 g/mol. The summed E-state index contributed by atoms with van der Waals surface area (Å²) >= 11 is 5.62. The third-order valence-corrected chi connectivity index (χ3v) is 5.81. The van der Waals surface area contributed by atoms with E-state index >= 15 is 0 Å². The molecule has 0 spiro atoms. The molecule has 0 aromatic heterocycles. The number of hydrogen-bond donors (Lipinski definition) is 1. The van der Waals surface area contributed by atoms with Gasteiger partial charge in [0.05, 0.1) is 28.4 Å². The van der Waals surface area contributed by atoms with Crippen LogP contribution in [0.4, 0.5) is 24.5 Å². The molecule has 0 aliphatic carbocycles. The summed E-state index contributed by atoms with van der Waals surface area (Å²) < 4.78 is 72.8. The first-order valence-corrected chi connectivity index (χ1v) is 10.2. The number of carbonyl (C=O) groups is 1. The van der Waals surface area contributed by atoms with E-state index in [0.29, 0.717) is 11.8 Å². The SMILES string of the molecule is CC(=O)N1CC(C)Oc2ccc(S(=O)(=O)Nc3ccc(Cl)cc3C(F)(F)F)cc21. The highest BCUT2D eigenvalue weighted by Crippen LogP contribution is 2.39. The summed E-state index contributed by atoms with van der Waals surface area (Å²) in [5, 5.41) is -0.183. The first kappa shape index (κ1) is 21.3.